The monoisotopic (exact) mass is 558 g/mol. The lowest BCUT2D eigenvalue weighted by atomic mass is 10.2. The van der Waals surface area contributed by atoms with Crippen molar-refractivity contribution in [2.75, 3.05) is 51.7 Å². The largest absolute Gasteiger partial charge is 0.489 e. The molecule has 0 saturated carbocycles. The molecule has 31 heavy (non-hydrogen) atoms. The van der Waals surface area contributed by atoms with Gasteiger partial charge in [0.15, 0.2) is 5.96 Å². The molecule has 0 spiro atoms. The number of likely N-dealkylation sites (N-methyl/N-ethyl adjacent to an activating group) is 1. The van der Waals surface area contributed by atoms with E-state index < -0.39 is 0 Å². The molecule has 0 bridgehead atoms. The molecule has 3 rings (SSSR count). The molecule has 2 aromatic rings. The second-order valence-electron chi connectivity index (χ2n) is 7.50. The Balaban J connectivity index is 0.00000341. The van der Waals surface area contributed by atoms with Crippen LogP contribution >= 0.6 is 35.6 Å². The fourth-order valence-corrected chi connectivity index (χ4v) is 3.34. The molecule has 2 heterocycles. The van der Waals surface area contributed by atoms with Gasteiger partial charge >= 0.3 is 0 Å². The van der Waals surface area contributed by atoms with Gasteiger partial charge in [-0.2, -0.15) is 0 Å². The zero-order chi connectivity index (χ0) is 21.3. The van der Waals surface area contributed by atoms with Crippen LogP contribution in [-0.2, 0) is 6.54 Å². The molecule has 1 aromatic carbocycles. The van der Waals surface area contributed by atoms with E-state index >= 15 is 0 Å². The minimum Gasteiger partial charge on any atom is -0.489 e. The topological polar surface area (TPSA) is 65.0 Å². The fraction of sp³-hybridized carbons (Fsp3) is 0.455. The number of aromatic nitrogens is 1. The van der Waals surface area contributed by atoms with Gasteiger partial charge in [0, 0.05) is 51.0 Å². The normalized spacial score (nSPS) is 15.7. The predicted molar refractivity (Wildman–Crippen MR) is 139 cm³/mol. The summed E-state index contributed by atoms with van der Waals surface area (Å²) >= 11 is 5.91. The van der Waals surface area contributed by atoms with E-state index in [1.54, 1.807) is 7.05 Å². The van der Waals surface area contributed by atoms with Crippen LogP contribution in [0.1, 0.15) is 12.5 Å². The third-order valence-electron chi connectivity index (χ3n) is 5.03. The molecule has 1 unspecified atom stereocenters. The Morgan fingerprint density at radius 2 is 1.87 bits per heavy atom. The molecule has 1 atom stereocenters. The van der Waals surface area contributed by atoms with Gasteiger partial charge in [0.05, 0.1) is 6.54 Å². The summed E-state index contributed by atoms with van der Waals surface area (Å²) in [7, 11) is 3.92. The molecule has 7 nitrogen and oxygen atoms in total. The van der Waals surface area contributed by atoms with Crippen molar-refractivity contribution in [3.05, 3.63) is 53.2 Å². The first-order valence-corrected chi connectivity index (χ1v) is 10.7. The van der Waals surface area contributed by atoms with E-state index in [1.807, 2.05) is 43.5 Å². The SMILES string of the molecule is CN=C(NCc1ccnc(N2CCN(C)CC2)c1)NCC(C)Oc1ccc(Cl)cc1.I. The Bertz CT molecular complexity index is 827. The van der Waals surface area contributed by atoms with E-state index in [2.05, 4.69) is 43.5 Å². The molecule has 2 N–H and O–H groups in total. The highest BCUT2D eigenvalue weighted by atomic mass is 127. The Hall–Kier alpha value is -1.78. The Labute approximate surface area is 207 Å². The zero-order valence-electron chi connectivity index (χ0n) is 18.3. The number of hydrogen-bond donors (Lipinski definition) is 2. The third kappa shape index (κ3) is 8.34. The standard InChI is InChI=1S/C22H31ClN6O.HI/c1-17(30-20-6-4-19(23)5-7-20)15-26-22(24-2)27-16-18-8-9-25-21(14-18)29-12-10-28(3)11-13-29;/h4-9,14,17H,10-13,15-16H2,1-3H3,(H2,24,26,27);1H. The highest BCUT2D eigenvalue weighted by Crippen LogP contribution is 2.17. The molecule has 0 radical (unpaired) electrons. The predicted octanol–water partition coefficient (Wildman–Crippen LogP) is 3.24. The molecule has 0 amide bonds. The van der Waals surface area contributed by atoms with Gasteiger partial charge in [-0.1, -0.05) is 11.6 Å². The van der Waals surface area contributed by atoms with E-state index in [0.717, 1.165) is 43.7 Å². The van der Waals surface area contributed by atoms with E-state index in [9.17, 15) is 0 Å². The van der Waals surface area contributed by atoms with Crippen LogP contribution in [0, 0.1) is 0 Å². The number of guanidine groups is 1. The number of aliphatic imine (C=N–C) groups is 1. The highest BCUT2D eigenvalue weighted by Gasteiger charge is 2.15. The Kier molecular flexibility index (Phi) is 10.6. The first-order valence-electron chi connectivity index (χ1n) is 10.3. The first kappa shape index (κ1) is 25.5. The maximum Gasteiger partial charge on any atom is 0.191 e. The van der Waals surface area contributed by atoms with Crippen molar-refractivity contribution in [3.63, 3.8) is 0 Å². The van der Waals surface area contributed by atoms with E-state index in [-0.39, 0.29) is 30.1 Å². The fourth-order valence-electron chi connectivity index (χ4n) is 3.21. The van der Waals surface area contributed by atoms with Crippen LogP contribution < -0.4 is 20.3 Å². The molecule has 1 aromatic heterocycles. The molecule has 1 aliphatic heterocycles. The summed E-state index contributed by atoms with van der Waals surface area (Å²) in [4.78, 5) is 13.5. The van der Waals surface area contributed by atoms with E-state index in [0.29, 0.717) is 18.1 Å². The van der Waals surface area contributed by atoms with Gasteiger partial charge in [-0.25, -0.2) is 4.98 Å². The average molecular weight is 559 g/mol. The average Bonchev–Trinajstić information content (AvgIpc) is 2.76. The van der Waals surface area contributed by atoms with Crippen LogP contribution in [-0.4, -0.2) is 68.8 Å². The number of nitrogens with zero attached hydrogens (tertiary/aromatic N) is 4. The van der Waals surface area contributed by atoms with Gasteiger partial charge in [-0.05, 0) is 55.9 Å². The van der Waals surface area contributed by atoms with Gasteiger partial charge in [-0.15, -0.1) is 24.0 Å². The van der Waals surface area contributed by atoms with Crippen molar-refractivity contribution in [1.82, 2.24) is 20.5 Å². The molecule has 1 fully saturated rings. The summed E-state index contributed by atoms with van der Waals surface area (Å²) in [6.45, 7) is 7.47. The van der Waals surface area contributed by atoms with Crippen molar-refractivity contribution >= 4 is 47.4 Å². The molecule has 9 heteroatoms. The van der Waals surface area contributed by atoms with E-state index in [4.69, 9.17) is 16.3 Å². The lowest BCUT2D eigenvalue weighted by molar-refractivity contribution is 0.224. The maximum absolute atomic E-state index is 5.91. The number of piperazine rings is 1. The number of nitrogens with one attached hydrogen (secondary N) is 2. The van der Waals surface area contributed by atoms with Crippen LogP contribution in [0.15, 0.2) is 47.6 Å². The summed E-state index contributed by atoms with van der Waals surface area (Å²) in [6, 6.07) is 11.6. The summed E-state index contributed by atoms with van der Waals surface area (Å²) < 4.78 is 5.90. The summed E-state index contributed by atoms with van der Waals surface area (Å²) in [6.07, 6.45) is 1.86. The quantitative estimate of drug-likeness (QED) is 0.309. The number of benzene rings is 1. The van der Waals surface area contributed by atoms with Gasteiger partial charge in [-0.3, -0.25) is 4.99 Å². The number of halogens is 2. The summed E-state index contributed by atoms with van der Waals surface area (Å²) in [5, 5.41) is 7.37. The maximum atomic E-state index is 5.91. The van der Waals surface area contributed by atoms with E-state index in [1.165, 1.54) is 5.56 Å². The number of hydrogen-bond acceptors (Lipinski definition) is 5. The number of ether oxygens (including phenoxy) is 1. The van der Waals surface area contributed by atoms with Crippen LogP contribution in [0.3, 0.4) is 0 Å². The lowest BCUT2D eigenvalue weighted by Crippen LogP contribution is -2.44. The number of rotatable bonds is 7. The van der Waals surface area contributed by atoms with Crippen LogP contribution in [0.5, 0.6) is 5.75 Å². The minimum absolute atomic E-state index is 0. The van der Waals surface area contributed by atoms with Gasteiger partial charge in [0.1, 0.15) is 17.7 Å². The smallest absolute Gasteiger partial charge is 0.191 e. The number of anilines is 1. The van der Waals surface area contributed by atoms with Crippen molar-refractivity contribution in [3.8, 4) is 5.75 Å². The van der Waals surface area contributed by atoms with Crippen LogP contribution in [0.2, 0.25) is 5.02 Å². The van der Waals surface area contributed by atoms with Gasteiger partial charge < -0.3 is 25.2 Å². The Morgan fingerprint density at radius 3 is 2.55 bits per heavy atom. The molecular formula is C22H32ClIN6O. The molecule has 0 aliphatic carbocycles. The van der Waals surface area contributed by atoms with Crippen molar-refractivity contribution < 1.29 is 4.74 Å². The lowest BCUT2D eigenvalue weighted by Gasteiger charge is -2.33. The van der Waals surface area contributed by atoms with Crippen molar-refractivity contribution in [2.45, 2.75) is 19.6 Å². The highest BCUT2D eigenvalue weighted by molar-refractivity contribution is 14.0. The molecule has 1 aliphatic rings. The third-order valence-corrected chi connectivity index (χ3v) is 5.28. The van der Waals surface area contributed by atoms with Gasteiger partial charge in [0.2, 0.25) is 0 Å². The molecular weight excluding hydrogens is 527 g/mol. The summed E-state index contributed by atoms with van der Waals surface area (Å²) in [5.74, 6) is 2.57. The van der Waals surface area contributed by atoms with Crippen LogP contribution in [0.4, 0.5) is 5.82 Å². The summed E-state index contributed by atoms with van der Waals surface area (Å²) in [5.41, 5.74) is 1.17. The molecule has 1 saturated heterocycles. The number of pyridine rings is 1. The first-order chi connectivity index (χ1) is 14.5. The second kappa shape index (κ2) is 12.9. The minimum atomic E-state index is -0.0190. The zero-order valence-corrected chi connectivity index (χ0v) is 21.4. The van der Waals surface area contributed by atoms with Crippen molar-refractivity contribution in [1.29, 1.82) is 0 Å². The Morgan fingerprint density at radius 1 is 1.16 bits per heavy atom. The second-order valence-corrected chi connectivity index (χ2v) is 7.94. The van der Waals surface area contributed by atoms with Crippen molar-refractivity contribution in [2.24, 2.45) is 4.99 Å². The van der Waals surface area contributed by atoms with Gasteiger partial charge in [0.25, 0.3) is 0 Å². The van der Waals surface area contributed by atoms with Crippen LogP contribution in [0.25, 0.3) is 0 Å². The molecule has 170 valence electrons.